The molecule has 6 rings (SSSR count). The minimum atomic E-state index is -1.58. The smallest absolute Gasteiger partial charge is 0.219 e. The van der Waals surface area contributed by atoms with Crippen molar-refractivity contribution in [3.63, 3.8) is 0 Å². The zero-order valence-corrected chi connectivity index (χ0v) is 23.7. The Morgan fingerprint density at radius 2 is 1.95 bits per heavy atom. The van der Waals surface area contributed by atoms with Gasteiger partial charge in [-0.05, 0) is 43.5 Å². The molecule has 0 bridgehead atoms. The number of imidazole rings is 1. The molecule has 12 heteroatoms. The van der Waals surface area contributed by atoms with Crippen molar-refractivity contribution in [3.05, 3.63) is 82.4 Å². The monoisotopic (exact) mass is 561 g/mol. The maximum atomic E-state index is 12.4. The molecule has 11 nitrogen and oxygen atoms in total. The van der Waals surface area contributed by atoms with Crippen molar-refractivity contribution in [1.82, 2.24) is 44.2 Å². The number of nitrogens with zero attached hydrogens (tertiary/aromatic N) is 9. The third kappa shape index (κ3) is 4.34. The van der Waals surface area contributed by atoms with Gasteiger partial charge in [0.05, 0.1) is 41.8 Å². The van der Waals surface area contributed by atoms with Crippen molar-refractivity contribution in [2.24, 2.45) is 14.1 Å². The number of hydrogen-bond acceptors (Lipinski definition) is 8. The summed E-state index contributed by atoms with van der Waals surface area (Å²) in [6.07, 6.45) is 9.11. The second kappa shape index (κ2) is 10.3. The van der Waals surface area contributed by atoms with E-state index >= 15 is 0 Å². The standard InChI is InChI=1S/C28H32ClN9O2/c1-18-30-15-24(35(18)2)28(39,25-16-31-34-36(25)3)19-6-7-23-21(14-19)26(29)22(27(33-23)40-4)17-37-12-8-20(9-13-37)38-11-5-10-32-38/h5-7,10-11,14-16,20,39H,8-9,12-13,17H2,1-4H3. The Morgan fingerprint density at radius 1 is 1.15 bits per heavy atom. The summed E-state index contributed by atoms with van der Waals surface area (Å²) in [5.41, 5.74) is 1.63. The molecule has 1 aliphatic heterocycles. The second-order valence-electron chi connectivity index (χ2n) is 10.3. The fraction of sp³-hybridized carbons (Fsp3) is 0.393. The highest BCUT2D eigenvalue weighted by Crippen LogP contribution is 2.40. The molecule has 1 atom stereocenters. The molecule has 1 unspecified atom stereocenters. The van der Waals surface area contributed by atoms with E-state index in [9.17, 15) is 5.11 Å². The van der Waals surface area contributed by atoms with Gasteiger partial charge in [0.15, 0.2) is 5.60 Å². The SMILES string of the molecule is COc1nc2ccc(C(O)(c3cnnn3C)c3cnc(C)n3C)cc2c(Cl)c1CN1CCC(n2cccn2)CC1. The topological polar surface area (TPSA) is 112 Å². The van der Waals surface area contributed by atoms with Crippen molar-refractivity contribution >= 4 is 22.5 Å². The van der Waals surface area contributed by atoms with E-state index in [2.05, 4.69) is 25.3 Å². The Hall–Kier alpha value is -3.80. The fourth-order valence-corrected chi connectivity index (χ4v) is 6.01. The van der Waals surface area contributed by atoms with Gasteiger partial charge in [0.1, 0.15) is 11.5 Å². The summed E-state index contributed by atoms with van der Waals surface area (Å²) < 4.78 is 11.2. The number of methoxy groups -OCH3 is 1. The minimum Gasteiger partial charge on any atom is -0.481 e. The first-order valence-electron chi connectivity index (χ1n) is 13.3. The zero-order valence-electron chi connectivity index (χ0n) is 23.0. The number of likely N-dealkylation sites (tertiary alicyclic amines) is 1. The molecule has 0 saturated carbocycles. The van der Waals surface area contributed by atoms with Crippen LogP contribution in [0.1, 0.15) is 47.2 Å². The Balaban J connectivity index is 1.40. The number of aliphatic hydroxyl groups is 1. The number of rotatable bonds is 7. The number of pyridine rings is 1. The molecule has 0 amide bonds. The molecule has 1 fully saturated rings. The van der Waals surface area contributed by atoms with Crippen LogP contribution in [0.15, 0.2) is 49.1 Å². The lowest BCUT2D eigenvalue weighted by Crippen LogP contribution is -2.34. The summed E-state index contributed by atoms with van der Waals surface area (Å²) in [7, 11) is 5.25. The van der Waals surface area contributed by atoms with Crippen LogP contribution in [-0.4, -0.2) is 69.5 Å². The average Bonchev–Trinajstić information content (AvgIpc) is 3.73. The molecular formula is C28H32ClN9O2. The number of ether oxygens (including phenoxy) is 1. The van der Waals surface area contributed by atoms with E-state index < -0.39 is 5.60 Å². The summed E-state index contributed by atoms with van der Waals surface area (Å²) >= 11 is 7.12. The van der Waals surface area contributed by atoms with E-state index in [1.807, 2.05) is 59.9 Å². The zero-order chi connectivity index (χ0) is 28.0. The van der Waals surface area contributed by atoms with Gasteiger partial charge < -0.3 is 14.4 Å². The normalized spacial score (nSPS) is 16.4. The van der Waals surface area contributed by atoms with Crippen molar-refractivity contribution in [2.75, 3.05) is 20.2 Å². The Morgan fingerprint density at radius 3 is 2.58 bits per heavy atom. The van der Waals surface area contributed by atoms with E-state index in [-0.39, 0.29) is 0 Å². The van der Waals surface area contributed by atoms with Gasteiger partial charge in [0.25, 0.3) is 0 Å². The molecule has 0 aliphatic carbocycles. The van der Waals surface area contributed by atoms with Crippen molar-refractivity contribution in [1.29, 1.82) is 0 Å². The lowest BCUT2D eigenvalue weighted by atomic mass is 9.86. The Kier molecular flexibility index (Phi) is 6.81. The van der Waals surface area contributed by atoms with E-state index in [0.29, 0.717) is 46.0 Å². The van der Waals surface area contributed by atoms with Gasteiger partial charge in [0.2, 0.25) is 5.88 Å². The van der Waals surface area contributed by atoms with Crippen LogP contribution in [0.2, 0.25) is 5.02 Å². The van der Waals surface area contributed by atoms with E-state index in [0.717, 1.165) is 42.7 Å². The van der Waals surface area contributed by atoms with Gasteiger partial charge in [-0.1, -0.05) is 22.9 Å². The summed E-state index contributed by atoms with van der Waals surface area (Å²) in [6.45, 7) is 4.32. The number of benzene rings is 1. The highest BCUT2D eigenvalue weighted by atomic mass is 35.5. The highest BCUT2D eigenvalue weighted by molar-refractivity contribution is 6.36. The van der Waals surface area contributed by atoms with Crippen LogP contribution in [0.5, 0.6) is 5.88 Å². The molecule has 208 valence electrons. The predicted molar refractivity (Wildman–Crippen MR) is 150 cm³/mol. The molecule has 0 spiro atoms. The first-order chi connectivity index (χ1) is 19.3. The molecule has 1 N–H and O–H groups in total. The molecule has 5 heterocycles. The number of piperidine rings is 1. The van der Waals surface area contributed by atoms with Crippen molar-refractivity contribution in [3.8, 4) is 5.88 Å². The molecule has 1 saturated heterocycles. The number of aromatic nitrogens is 8. The van der Waals surface area contributed by atoms with Crippen molar-refractivity contribution < 1.29 is 9.84 Å². The van der Waals surface area contributed by atoms with Crippen LogP contribution in [0, 0.1) is 6.92 Å². The van der Waals surface area contributed by atoms with Gasteiger partial charge in [0, 0.05) is 57.1 Å². The van der Waals surface area contributed by atoms with E-state index in [1.54, 1.807) is 31.2 Å². The maximum absolute atomic E-state index is 12.4. The number of fused-ring (bicyclic) bond motifs is 1. The number of hydrogen-bond donors (Lipinski definition) is 1. The molecule has 4 aromatic heterocycles. The van der Waals surface area contributed by atoms with Gasteiger partial charge in [-0.3, -0.25) is 9.58 Å². The van der Waals surface area contributed by atoms with E-state index in [1.165, 1.54) is 0 Å². The summed E-state index contributed by atoms with van der Waals surface area (Å²) in [5, 5.41) is 26.2. The van der Waals surface area contributed by atoms with Gasteiger partial charge >= 0.3 is 0 Å². The molecule has 0 radical (unpaired) electrons. The largest absolute Gasteiger partial charge is 0.481 e. The van der Waals surface area contributed by atoms with Gasteiger partial charge in [-0.2, -0.15) is 5.10 Å². The molecule has 1 aromatic carbocycles. The first-order valence-corrected chi connectivity index (χ1v) is 13.6. The summed E-state index contributed by atoms with van der Waals surface area (Å²) in [6, 6.07) is 7.97. The molecule has 5 aromatic rings. The summed E-state index contributed by atoms with van der Waals surface area (Å²) in [5.74, 6) is 1.28. The lowest BCUT2D eigenvalue weighted by molar-refractivity contribution is 0.108. The summed E-state index contributed by atoms with van der Waals surface area (Å²) in [4.78, 5) is 11.6. The minimum absolute atomic E-state index is 0.399. The third-order valence-electron chi connectivity index (χ3n) is 8.10. The van der Waals surface area contributed by atoms with E-state index in [4.69, 9.17) is 21.3 Å². The molecule has 1 aliphatic rings. The van der Waals surface area contributed by atoms with Crippen LogP contribution in [0.4, 0.5) is 0 Å². The third-order valence-corrected chi connectivity index (χ3v) is 8.54. The number of halogens is 1. The Bertz CT molecular complexity index is 1650. The van der Waals surface area contributed by atoms with Gasteiger partial charge in [-0.15, -0.1) is 5.10 Å². The highest BCUT2D eigenvalue weighted by Gasteiger charge is 2.40. The van der Waals surface area contributed by atoms with Crippen LogP contribution in [0.25, 0.3) is 10.9 Å². The quantitative estimate of drug-likeness (QED) is 0.322. The Labute approximate surface area is 237 Å². The van der Waals surface area contributed by atoms with Crippen LogP contribution in [-0.2, 0) is 26.2 Å². The van der Waals surface area contributed by atoms with Crippen LogP contribution in [0.3, 0.4) is 0 Å². The molecule has 40 heavy (non-hydrogen) atoms. The lowest BCUT2D eigenvalue weighted by Gasteiger charge is -2.32. The first kappa shape index (κ1) is 26.4. The van der Waals surface area contributed by atoms with Crippen molar-refractivity contribution in [2.45, 2.75) is 38.0 Å². The van der Waals surface area contributed by atoms with Crippen LogP contribution >= 0.6 is 11.6 Å². The van der Waals surface area contributed by atoms with Gasteiger partial charge in [-0.25, -0.2) is 14.6 Å². The second-order valence-corrected chi connectivity index (χ2v) is 10.7. The number of aryl methyl sites for hydroxylation is 2. The average molecular weight is 562 g/mol. The molecular weight excluding hydrogens is 530 g/mol. The maximum Gasteiger partial charge on any atom is 0.219 e. The van der Waals surface area contributed by atoms with Crippen LogP contribution < -0.4 is 4.74 Å². The predicted octanol–water partition coefficient (Wildman–Crippen LogP) is 3.39. The fourth-order valence-electron chi connectivity index (χ4n) is 5.72.